The van der Waals surface area contributed by atoms with E-state index in [1.807, 2.05) is 49.4 Å². The maximum Gasteiger partial charge on any atom is 0.248 e. The molecule has 6 nitrogen and oxygen atoms in total. The highest BCUT2D eigenvalue weighted by Gasteiger charge is 2.19. The third-order valence-electron chi connectivity index (χ3n) is 5.99. The zero-order chi connectivity index (χ0) is 25.8. The molecule has 1 atom stereocenters. The molecule has 0 saturated heterocycles. The van der Waals surface area contributed by atoms with E-state index in [0.29, 0.717) is 23.9 Å². The van der Waals surface area contributed by atoms with Crippen LogP contribution in [-0.4, -0.2) is 19.7 Å². The molecule has 0 amide bonds. The first-order valence-corrected chi connectivity index (χ1v) is 11.7. The number of hydrogen-bond acceptors (Lipinski definition) is 5. The van der Waals surface area contributed by atoms with Gasteiger partial charge in [-0.1, -0.05) is 48.6 Å². The first kappa shape index (κ1) is 24.3. The fraction of sp³-hybridized carbons (Fsp3) is 0.138. The summed E-state index contributed by atoms with van der Waals surface area (Å²) in [5.74, 6) is -0.537. The van der Waals surface area contributed by atoms with Gasteiger partial charge in [-0.2, -0.15) is 0 Å². The number of imidazole rings is 1. The van der Waals surface area contributed by atoms with Crippen molar-refractivity contribution in [3.63, 3.8) is 0 Å². The van der Waals surface area contributed by atoms with E-state index in [2.05, 4.69) is 21.8 Å². The lowest BCUT2D eigenvalue weighted by molar-refractivity contribution is 0.0256. The quantitative estimate of drug-likeness (QED) is 0.224. The van der Waals surface area contributed by atoms with Crippen molar-refractivity contribution < 1.29 is 17.9 Å². The van der Waals surface area contributed by atoms with Gasteiger partial charge in [0, 0.05) is 35.2 Å². The SMILES string of the molecule is C=Cc1ccc(COC(Cn2ccnc2)c2ccc(F)cc2F)cc1-c1nnc(-c2ccc(C)cc2)o1. The smallest absolute Gasteiger partial charge is 0.248 e. The lowest BCUT2D eigenvalue weighted by atomic mass is 10.0. The van der Waals surface area contributed by atoms with Gasteiger partial charge >= 0.3 is 0 Å². The molecule has 3 aromatic carbocycles. The largest absolute Gasteiger partial charge is 0.416 e. The maximum absolute atomic E-state index is 14.6. The summed E-state index contributed by atoms with van der Waals surface area (Å²) in [5, 5.41) is 8.45. The van der Waals surface area contributed by atoms with Crippen molar-refractivity contribution in [2.24, 2.45) is 0 Å². The lowest BCUT2D eigenvalue weighted by Crippen LogP contribution is -2.14. The van der Waals surface area contributed by atoms with Crippen molar-refractivity contribution in [3.8, 4) is 22.9 Å². The molecule has 8 heteroatoms. The summed E-state index contributed by atoms with van der Waals surface area (Å²) in [6.45, 7) is 6.38. The summed E-state index contributed by atoms with van der Waals surface area (Å²) < 4.78 is 42.1. The van der Waals surface area contributed by atoms with Crippen molar-refractivity contribution >= 4 is 6.08 Å². The Labute approximate surface area is 212 Å². The molecule has 2 heterocycles. The molecule has 0 radical (unpaired) electrons. The molecule has 0 aliphatic rings. The minimum absolute atomic E-state index is 0.166. The molecular formula is C29H24F2N4O2. The Bertz CT molecular complexity index is 1510. The number of rotatable bonds is 9. The summed E-state index contributed by atoms with van der Waals surface area (Å²) >= 11 is 0. The second-order valence-corrected chi connectivity index (χ2v) is 8.63. The number of benzene rings is 3. The fourth-order valence-electron chi connectivity index (χ4n) is 3.99. The first-order valence-electron chi connectivity index (χ1n) is 11.7. The number of aromatic nitrogens is 4. The van der Waals surface area contributed by atoms with Gasteiger partial charge in [0.05, 0.1) is 19.5 Å². The van der Waals surface area contributed by atoms with Gasteiger partial charge in [0.15, 0.2) is 0 Å². The van der Waals surface area contributed by atoms with Gasteiger partial charge in [-0.25, -0.2) is 13.8 Å². The van der Waals surface area contributed by atoms with Crippen molar-refractivity contribution in [2.45, 2.75) is 26.2 Å². The molecule has 1 unspecified atom stereocenters. The van der Waals surface area contributed by atoms with Gasteiger partial charge in [0.2, 0.25) is 11.8 Å². The van der Waals surface area contributed by atoms with E-state index >= 15 is 0 Å². The summed E-state index contributed by atoms with van der Waals surface area (Å²) in [5.41, 5.74) is 4.57. The Morgan fingerprint density at radius 1 is 1.03 bits per heavy atom. The monoisotopic (exact) mass is 498 g/mol. The second-order valence-electron chi connectivity index (χ2n) is 8.63. The summed E-state index contributed by atoms with van der Waals surface area (Å²) in [4.78, 5) is 4.04. The summed E-state index contributed by atoms with van der Waals surface area (Å²) in [6.07, 6.45) is 6.05. The Kier molecular flexibility index (Phi) is 7.00. The number of aryl methyl sites for hydroxylation is 1. The van der Waals surface area contributed by atoms with Crippen LogP contribution in [0.4, 0.5) is 8.78 Å². The molecule has 186 valence electrons. The van der Waals surface area contributed by atoms with Crippen LogP contribution in [0.3, 0.4) is 0 Å². The standard InChI is InChI=1S/C29H24F2N4O2/c1-3-21-9-6-20(14-25(21)29-34-33-28(37-29)22-7-4-19(2)5-8-22)17-36-27(16-35-13-12-32-18-35)24-11-10-23(30)15-26(24)31/h3-15,18,27H,1,16-17H2,2H3. The zero-order valence-electron chi connectivity index (χ0n) is 20.1. The molecule has 5 rings (SSSR count). The maximum atomic E-state index is 14.6. The minimum atomic E-state index is -0.672. The second kappa shape index (κ2) is 10.7. The summed E-state index contributed by atoms with van der Waals surface area (Å²) in [6, 6.07) is 17.0. The third kappa shape index (κ3) is 5.54. The molecule has 0 fully saturated rings. The highest BCUT2D eigenvalue weighted by Crippen LogP contribution is 2.30. The molecule has 37 heavy (non-hydrogen) atoms. The number of nitrogens with zero attached hydrogens (tertiary/aromatic N) is 4. The van der Waals surface area contributed by atoms with E-state index in [9.17, 15) is 8.78 Å². The average Bonchev–Trinajstić information content (AvgIpc) is 3.60. The molecule has 0 N–H and O–H groups in total. The van der Waals surface area contributed by atoms with Crippen LogP contribution in [0.25, 0.3) is 29.0 Å². The van der Waals surface area contributed by atoms with E-state index in [1.165, 1.54) is 12.1 Å². The molecule has 0 bridgehead atoms. The highest BCUT2D eigenvalue weighted by molar-refractivity contribution is 5.70. The topological polar surface area (TPSA) is 66.0 Å². The van der Waals surface area contributed by atoms with Crippen molar-refractivity contribution in [1.29, 1.82) is 0 Å². The lowest BCUT2D eigenvalue weighted by Gasteiger charge is -2.20. The molecule has 0 aliphatic carbocycles. The van der Waals surface area contributed by atoms with E-state index < -0.39 is 17.7 Å². The molecule has 0 aliphatic heterocycles. The summed E-state index contributed by atoms with van der Waals surface area (Å²) in [7, 11) is 0. The Balaban J connectivity index is 1.40. The third-order valence-corrected chi connectivity index (χ3v) is 5.99. The van der Waals surface area contributed by atoms with E-state index in [-0.39, 0.29) is 12.2 Å². The van der Waals surface area contributed by atoms with Crippen LogP contribution in [0.1, 0.15) is 28.4 Å². The van der Waals surface area contributed by atoms with E-state index in [1.54, 1.807) is 29.4 Å². The van der Waals surface area contributed by atoms with Gasteiger partial charge in [-0.15, -0.1) is 10.2 Å². The van der Waals surface area contributed by atoms with Crippen LogP contribution >= 0.6 is 0 Å². The van der Waals surface area contributed by atoms with Crippen LogP contribution in [0.5, 0.6) is 0 Å². The Hall–Kier alpha value is -4.43. The van der Waals surface area contributed by atoms with Crippen molar-refractivity contribution in [3.05, 3.63) is 120 Å². The van der Waals surface area contributed by atoms with Gasteiger partial charge in [-0.05, 0) is 42.3 Å². The minimum Gasteiger partial charge on any atom is -0.416 e. The Morgan fingerprint density at radius 3 is 2.57 bits per heavy atom. The van der Waals surface area contributed by atoms with Gasteiger partial charge in [0.1, 0.15) is 17.7 Å². The molecule has 0 spiro atoms. The van der Waals surface area contributed by atoms with Gasteiger partial charge in [0.25, 0.3) is 0 Å². The van der Waals surface area contributed by atoms with Crippen LogP contribution in [-0.2, 0) is 17.9 Å². The van der Waals surface area contributed by atoms with Crippen molar-refractivity contribution in [1.82, 2.24) is 19.7 Å². The molecule has 2 aromatic heterocycles. The number of halogens is 2. The zero-order valence-corrected chi connectivity index (χ0v) is 20.1. The van der Waals surface area contributed by atoms with Crippen LogP contribution < -0.4 is 0 Å². The van der Waals surface area contributed by atoms with Crippen LogP contribution in [0.15, 0.2) is 90.4 Å². The first-order chi connectivity index (χ1) is 18.0. The van der Waals surface area contributed by atoms with Gasteiger partial charge in [-0.3, -0.25) is 0 Å². The molecule has 5 aromatic rings. The van der Waals surface area contributed by atoms with Gasteiger partial charge < -0.3 is 13.7 Å². The fourth-order valence-corrected chi connectivity index (χ4v) is 3.99. The van der Waals surface area contributed by atoms with E-state index in [0.717, 1.165) is 28.3 Å². The van der Waals surface area contributed by atoms with Crippen LogP contribution in [0.2, 0.25) is 0 Å². The molecular weight excluding hydrogens is 474 g/mol. The number of hydrogen-bond donors (Lipinski definition) is 0. The van der Waals surface area contributed by atoms with E-state index in [4.69, 9.17) is 9.15 Å². The molecule has 0 saturated carbocycles. The van der Waals surface area contributed by atoms with Crippen LogP contribution in [0, 0.1) is 18.6 Å². The highest BCUT2D eigenvalue weighted by atomic mass is 19.1. The predicted octanol–water partition coefficient (Wildman–Crippen LogP) is 6.79. The normalized spacial score (nSPS) is 12.0. The van der Waals surface area contributed by atoms with Crippen molar-refractivity contribution in [2.75, 3.05) is 0 Å². The average molecular weight is 499 g/mol. The Morgan fingerprint density at radius 2 is 1.84 bits per heavy atom. The number of ether oxygens (including phenoxy) is 1. The predicted molar refractivity (Wildman–Crippen MR) is 136 cm³/mol.